The monoisotopic (exact) mass is 856 g/mol. The van der Waals surface area contributed by atoms with Crippen LogP contribution in [0.5, 0.6) is 0 Å². The number of hydrogen-bond acceptors (Lipinski definition) is 6. The van der Waals surface area contributed by atoms with Crippen LogP contribution in [0.1, 0.15) is 33.6 Å². The average molecular weight is 857 g/mol. The molecule has 6 aromatic carbocycles. The molecule has 67 heavy (non-hydrogen) atoms. The molecule has 6 nitrogen and oxygen atoms in total. The van der Waals surface area contributed by atoms with Gasteiger partial charge in [-0.25, -0.2) is 9.97 Å². The van der Waals surface area contributed by atoms with Crippen molar-refractivity contribution in [2.45, 2.75) is 19.3 Å². The molecule has 0 saturated carbocycles. The number of hydrogen-bond donors (Lipinski definition) is 0. The Bertz CT molecular complexity index is 3660. The first kappa shape index (κ1) is 38.7. The fourth-order valence-corrected chi connectivity index (χ4v) is 10.3. The predicted molar refractivity (Wildman–Crippen MR) is 272 cm³/mol. The van der Waals surface area contributed by atoms with Crippen molar-refractivity contribution < 1.29 is 0 Å². The Labute approximate surface area is 387 Å². The van der Waals surface area contributed by atoms with Gasteiger partial charge in [-0.2, -0.15) is 0 Å². The van der Waals surface area contributed by atoms with E-state index in [1.54, 1.807) is 0 Å². The fourth-order valence-electron chi connectivity index (χ4n) is 10.3. The molecule has 0 amide bonds. The first-order chi connectivity index (χ1) is 33.0. The van der Waals surface area contributed by atoms with E-state index in [2.05, 4.69) is 182 Å². The quantitative estimate of drug-likeness (QED) is 0.155. The highest BCUT2D eigenvalue weighted by molar-refractivity contribution is 6.04. The van der Waals surface area contributed by atoms with Gasteiger partial charge in [0.1, 0.15) is 0 Å². The van der Waals surface area contributed by atoms with Gasteiger partial charge in [0.15, 0.2) is 0 Å². The Morgan fingerprint density at radius 3 is 1.09 bits per heavy atom. The molecule has 12 aromatic rings. The lowest BCUT2D eigenvalue weighted by Crippen LogP contribution is -2.28. The molecule has 6 heterocycles. The van der Waals surface area contributed by atoms with E-state index < -0.39 is 5.41 Å². The Kier molecular flexibility index (Phi) is 8.77. The smallest absolute Gasteiger partial charge is 0.0972 e. The summed E-state index contributed by atoms with van der Waals surface area (Å²) in [5.74, 6) is 0. The van der Waals surface area contributed by atoms with Crippen LogP contribution in [-0.2, 0) is 5.41 Å². The Hall–Kier alpha value is -8.74. The van der Waals surface area contributed by atoms with Gasteiger partial charge in [0, 0.05) is 67.6 Å². The second-order valence-electron chi connectivity index (χ2n) is 17.6. The van der Waals surface area contributed by atoms with Gasteiger partial charge < -0.3 is 0 Å². The van der Waals surface area contributed by atoms with Crippen molar-refractivity contribution in [2.24, 2.45) is 0 Å². The van der Waals surface area contributed by atoms with Gasteiger partial charge in [-0.15, -0.1) is 0 Å². The maximum atomic E-state index is 5.27. The number of aryl methyl sites for hydroxylation is 2. The summed E-state index contributed by atoms with van der Waals surface area (Å²) in [6, 6.07) is 69.4. The van der Waals surface area contributed by atoms with E-state index >= 15 is 0 Å². The number of nitrogens with zero attached hydrogens (tertiary/aromatic N) is 6. The molecule has 13 rings (SSSR count). The Balaban J connectivity index is 1.03. The van der Waals surface area contributed by atoms with Crippen LogP contribution in [0.15, 0.2) is 207 Å². The van der Waals surface area contributed by atoms with E-state index in [4.69, 9.17) is 29.9 Å². The van der Waals surface area contributed by atoms with Crippen molar-refractivity contribution in [3.8, 4) is 56.2 Å². The van der Waals surface area contributed by atoms with E-state index in [1.165, 1.54) is 22.3 Å². The zero-order valence-electron chi connectivity index (χ0n) is 36.8. The summed E-state index contributed by atoms with van der Waals surface area (Å²) in [6.45, 7) is 4.06. The number of fused-ring (bicyclic) bond motifs is 9. The molecule has 1 aliphatic carbocycles. The highest BCUT2D eigenvalue weighted by Crippen LogP contribution is 2.57. The molecule has 0 atom stereocenters. The molecule has 1 aliphatic rings. The van der Waals surface area contributed by atoms with Gasteiger partial charge in [0.25, 0.3) is 0 Å². The van der Waals surface area contributed by atoms with E-state index in [-0.39, 0.29) is 0 Å². The van der Waals surface area contributed by atoms with Gasteiger partial charge in [0.2, 0.25) is 0 Å². The summed E-state index contributed by atoms with van der Waals surface area (Å²) < 4.78 is 0. The first-order valence-corrected chi connectivity index (χ1v) is 22.7. The summed E-state index contributed by atoms with van der Waals surface area (Å²) in [7, 11) is 0. The van der Waals surface area contributed by atoms with Crippen molar-refractivity contribution in [3.63, 3.8) is 0 Å². The Morgan fingerprint density at radius 1 is 0.313 bits per heavy atom. The minimum Gasteiger partial charge on any atom is -0.256 e. The second-order valence-corrected chi connectivity index (χ2v) is 17.6. The zero-order valence-corrected chi connectivity index (χ0v) is 36.8. The molecular formula is C61H40N6. The van der Waals surface area contributed by atoms with E-state index in [1.807, 2.05) is 38.4 Å². The predicted octanol–water partition coefficient (Wildman–Crippen LogP) is 14.3. The number of pyridine rings is 6. The van der Waals surface area contributed by atoms with Crippen LogP contribution in [0, 0.1) is 13.8 Å². The third-order valence-electron chi connectivity index (χ3n) is 13.6. The molecule has 0 fully saturated rings. The molecule has 6 aromatic heterocycles. The SMILES string of the molecule is Cc1ccc2ccc3ccc(-c4ccc(C5(c6ccc(-c7ccc8ccc9ccc(C)nc9c8n7)cc6)c6cc(-c7ccccn7)ccc6-c6ccc(-c7ccccn7)cc65)cc4)nc3c2n1. The van der Waals surface area contributed by atoms with Crippen LogP contribution < -0.4 is 0 Å². The summed E-state index contributed by atoms with van der Waals surface area (Å²) in [5, 5.41) is 4.30. The first-order valence-electron chi connectivity index (χ1n) is 22.7. The van der Waals surface area contributed by atoms with Crippen molar-refractivity contribution >= 4 is 43.6 Å². The molecule has 0 aliphatic heterocycles. The number of rotatable bonds is 6. The van der Waals surface area contributed by atoms with E-state index in [0.29, 0.717) is 0 Å². The van der Waals surface area contributed by atoms with Gasteiger partial charge in [-0.1, -0.05) is 133 Å². The van der Waals surface area contributed by atoms with Gasteiger partial charge >= 0.3 is 0 Å². The normalized spacial score (nSPS) is 12.7. The lowest BCUT2D eigenvalue weighted by molar-refractivity contribution is 0.769. The topological polar surface area (TPSA) is 77.3 Å². The lowest BCUT2D eigenvalue weighted by atomic mass is 9.67. The molecular weight excluding hydrogens is 817 g/mol. The van der Waals surface area contributed by atoms with Crippen molar-refractivity contribution in [3.05, 3.63) is 240 Å². The third kappa shape index (κ3) is 6.25. The third-order valence-corrected chi connectivity index (χ3v) is 13.6. The molecule has 0 saturated heterocycles. The van der Waals surface area contributed by atoms with E-state index in [0.717, 1.165) is 111 Å². The molecule has 0 unspecified atom stereocenters. The van der Waals surface area contributed by atoms with Crippen LogP contribution >= 0.6 is 0 Å². The molecule has 0 spiro atoms. The molecule has 6 heteroatoms. The summed E-state index contributed by atoms with van der Waals surface area (Å²) in [4.78, 5) is 30.0. The maximum absolute atomic E-state index is 5.27. The maximum Gasteiger partial charge on any atom is 0.0972 e. The second kappa shape index (κ2) is 15.2. The van der Waals surface area contributed by atoms with Crippen LogP contribution in [0.4, 0.5) is 0 Å². The van der Waals surface area contributed by atoms with Gasteiger partial charge in [-0.05, 0) is 108 Å². The standard InChI is InChI=1S/C61H40N6/c1-37-9-11-41-13-15-43-23-31-55(66-59(43)57(41)64-37)39-17-25-47(26-18-39)61(48-27-19-40(20-28-48)56-32-24-44-16-14-42-12-10-38(2)65-58(42)60(44)67-56)51-35-45(53-7-3-5-33-62-53)21-29-49(51)50-30-22-46(36-52(50)61)54-8-4-6-34-63-54/h3-36H,1-2H3. The Morgan fingerprint density at radius 2 is 0.687 bits per heavy atom. The molecule has 0 radical (unpaired) electrons. The van der Waals surface area contributed by atoms with Crippen LogP contribution in [-0.4, -0.2) is 29.9 Å². The van der Waals surface area contributed by atoms with Crippen molar-refractivity contribution in [1.82, 2.24) is 29.9 Å². The van der Waals surface area contributed by atoms with Gasteiger partial charge in [0.05, 0.1) is 50.3 Å². The highest BCUT2D eigenvalue weighted by atomic mass is 14.8. The fraction of sp³-hybridized carbons (Fsp3) is 0.0492. The summed E-state index contributed by atoms with van der Waals surface area (Å²) >= 11 is 0. The highest BCUT2D eigenvalue weighted by Gasteiger charge is 2.46. The minimum atomic E-state index is -0.736. The van der Waals surface area contributed by atoms with Crippen LogP contribution in [0.25, 0.3) is 99.8 Å². The molecule has 314 valence electrons. The van der Waals surface area contributed by atoms with Crippen molar-refractivity contribution in [1.29, 1.82) is 0 Å². The van der Waals surface area contributed by atoms with Crippen molar-refractivity contribution in [2.75, 3.05) is 0 Å². The van der Waals surface area contributed by atoms with Crippen LogP contribution in [0.2, 0.25) is 0 Å². The molecule has 0 bridgehead atoms. The summed E-state index contributed by atoms with van der Waals surface area (Å²) in [5.41, 5.74) is 19.7. The largest absolute Gasteiger partial charge is 0.256 e. The molecule has 0 N–H and O–H groups in total. The van der Waals surface area contributed by atoms with Gasteiger partial charge in [-0.3, -0.25) is 19.9 Å². The summed E-state index contributed by atoms with van der Waals surface area (Å²) in [6.07, 6.45) is 3.73. The minimum absolute atomic E-state index is 0.736. The van der Waals surface area contributed by atoms with E-state index in [9.17, 15) is 0 Å². The number of aromatic nitrogens is 6. The zero-order chi connectivity index (χ0) is 44.6. The lowest BCUT2D eigenvalue weighted by Gasteiger charge is -2.34. The van der Waals surface area contributed by atoms with Crippen LogP contribution in [0.3, 0.4) is 0 Å². The number of benzene rings is 6. The average Bonchev–Trinajstić information content (AvgIpc) is 3.68.